The van der Waals surface area contributed by atoms with Gasteiger partial charge in [-0.15, -0.1) is 0 Å². The molecule has 0 saturated heterocycles. The normalized spacial score (nSPS) is 18.5. The van der Waals surface area contributed by atoms with Crippen LogP contribution in [-0.4, -0.2) is 65.2 Å². The van der Waals surface area contributed by atoms with Crippen LogP contribution in [0.4, 0.5) is 0 Å². The summed E-state index contributed by atoms with van der Waals surface area (Å²) in [5, 5.41) is -0.260. The zero-order valence-corrected chi connectivity index (χ0v) is 32.4. The van der Waals surface area contributed by atoms with Gasteiger partial charge in [0, 0.05) is 24.9 Å². The van der Waals surface area contributed by atoms with Crippen molar-refractivity contribution in [2.45, 2.75) is 157 Å². The Hall–Kier alpha value is -1.14. The Morgan fingerprint density at radius 2 is 1.10 bits per heavy atom. The highest BCUT2D eigenvalue weighted by atomic mass is 28.4. The molecule has 0 saturated carbocycles. The third-order valence-electron chi connectivity index (χ3n) is 9.11. The summed E-state index contributed by atoms with van der Waals surface area (Å²) in [6.07, 6.45) is -0.554. The predicted molar refractivity (Wildman–Crippen MR) is 178 cm³/mol. The number of carbonyl (C=O) groups excluding carboxylic acids is 3. The quantitative estimate of drug-likeness (QED) is 0.109. The number of methoxy groups -OCH3 is 1. The summed E-state index contributed by atoms with van der Waals surface area (Å²) in [5.41, 5.74) is 0.119. The fourth-order valence-electron chi connectivity index (χ4n) is 4.11. The van der Waals surface area contributed by atoms with E-state index >= 15 is 0 Å². The molecule has 0 radical (unpaired) electrons. The van der Waals surface area contributed by atoms with Gasteiger partial charge in [-0.1, -0.05) is 68.4 Å². The van der Waals surface area contributed by atoms with Gasteiger partial charge in [0.2, 0.25) is 0 Å². The van der Waals surface area contributed by atoms with Gasteiger partial charge in [0.1, 0.15) is 23.3 Å². The molecule has 0 rings (SSSR count). The lowest BCUT2D eigenvalue weighted by Gasteiger charge is -2.43. The Morgan fingerprint density at radius 1 is 0.690 bits per heavy atom. The number of hydrogen-bond donors (Lipinski definition) is 0. The van der Waals surface area contributed by atoms with Crippen LogP contribution in [0.5, 0.6) is 0 Å². The van der Waals surface area contributed by atoms with Gasteiger partial charge >= 0.3 is 5.97 Å². The molecule has 0 N–H and O–H groups in total. The summed E-state index contributed by atoms with van der Waals surface area (Å²) >= 11 is 0. The molecule has 0 unspecified atom stereocenters. The Bertz CT molecular complexity index is 964. The molecule has 0 aromatic heterocycles. The maximum atomic E-state index is 14.3. The molecular formula is C33H64O7Si2. The molecule has 0 fully saturated rings. The SMILES string of the molecule is CO[C@@H]([C@H](C)C(=O)[C@H](C)[C@@H](O[Si](C)(C)C(C)(C)C)/C(C)=C/[C@H](C)C(C)=O)[C@@H](O[Si](C)(C)C(C)(C)C)C(=O)OC(C)(C)C. The number of ether oxygens (including phenoxy) is 2. The number of allylic oxidation sites excluding steroid dienone is 1. The summed E-state index contributed by atoms with van der Waals surface area (Å²) in [7, 11) is -3.27. The molecule has 7 nitrogen and oxygen atoms in total. The number of ketones is 2. The maximum absolute atomic E-state index is 14.3. The van der Waals surface area contributed by atoms with Crippen LogP contribution < -0.4 is 0 Å². The third kappa shape index (κ3) is 11.4. The summed E-state index contributed by atoms with van der Waals surface area (Å²) in [5.74, 6) is -2.13. The second-order valence-electron chi connectivity index (χ2n) is 16.1. The Balaban J connectivity index is 6.76. The highest BCUT2D eigenvalue weighted by Crippen LogP contribution is 2.41. The molecule has 0 aliphatic carbocycles. The minimum Gasteiger partial charge on any atom is -0.458 e. The van der Waals surface area contributed by atoms with E-state index in [0.717, 1.165) is 5.57 Å². The highest BCUT2D eigenvalue weighted by molar-refractivity contribution is 6.74. The summed E-state index contributed by atoms with van der Waals surface area (Å²) in [6.45, 7) is 35.7. The lowest BCUT2D eigenvalue weighted by Crippen LogP contribution is -2.55. The van der Waals surface area contributed by atoms with Crippen LogP contribution in [0.25, 0.3) is 0 Å². The standard InChI is InChI=1S/C33H64O7Si2/c1-21(25(5)34)20-22(2)27(39-41(16,17)32(9,10)11)23(3)26(35)24(4)28(37-15)29(30(36)38-31(6,7)8)40-42(18,19)33(12,13)14/h20-21,23-24,27-29H,1-19H3/b22-20+/t21-,23-,24+,27-,28-,29+/m0/s1. The van der Waals surface area contributed by atoms with Crippen molar-refractivity contribution in [1.29, 1.82) is 0 Å². The number of rotatable bonds is 14. The minimum atomic E-state index is -2.47. The average molecular weight is 629 g/mol. The Morgan fingerprint density at radius 3 is 1.43 bits per heavy atom. The zero-order valence-electron chi connectivity index (χ0n) is 30.4. The number of Topliss-reactive ketones (excluding diaryl/α,β-unsaturated/α-hetero) is 2. The number of carbonyl (C=O) groups is 3. The van der Waals surface area contributed by atoms with Crippen molar-refractivity contribution in [3.8, 4) is 0 Å². The second-order valence-corrected chi connectivity index (χ2v) is 25.6. The van der Waals surface area contributed by atoms with E-state index in [0.29, 0.717) is 0 Å². The van der Waals surface area contributed by atoms with Crippen LogP contribution in [0.15, 0.2) is 11.6 Å². The zero-order chi connectivity index (χ0) is 33.8. The van der Waals surface area contributed by atoms with Crippen molar-refractivity contribution < 1.29 is 32.7 Å². The van der Waals surface area contributed by atoms with Crippen molar-refractivity contribution in [2.24, 2.45) is 17.8 Å². The molecule has 0 bridgehead atoms. The monoisotopic (exact) mass is 628 g/mol. The van der Waals surface area contributed by atoms with Gasteiger partial charge in [0.05, 0.1) is 6.10 Å². The molecule has 0 amide bonds. The van der Waals surface area contributed by atoms with E-state index in [-0.39, 0.29) is 27.6 Å². The molecule has 0 aromatic rings. The van der Waals surface area contributed by atoms with Gasteiger partial charge in [-0.2, -0.15) is 0 Å². The number of hydrogen-bond acceptors (Lipinski definition) is 7. The van der Waals surface area contributed by atoms with Gasteiger partial charge in [-0.3, -0.25) is 9.59 Å². The first-order valence-corrected chi connectivity index (χ1v) is 21.2. The summed E-state index contributed by atoms with van der Waals surface area (Å²) in [6, 6.07) is 0. The van der Waals surface area contributed by atoms with E-state index in [1.807, 2.05) is 47.6 Å². The van der Waals surface area contributed by atoms with Gasteiger partial charge in [0.25, 0.3) is 0 Å². The molecule has 9 heteroatoms. The van der Waals surface area contributed by atoms with Gasteiger partial charge in [-0.25, -0.2) is 4.79 Å². The number of esters is 1. The second kappa shape index (κ2) is 14.8. The van der Waals surface area contributed by atoms with Crippen molar-refractivity contribution in [3.63, 3.8) is 0 Å². The van der Waals surface area contributed by atoms with Crippen molar-refractivity contribution in [3.05, 3.63) is 11.6 Å². The largest absolute Gasteiger partial charge is 0.458 e. The van der Waals surface area contributed by atoms with Gasteiger partial charge < -0.3 is 18.3 Å². The van der Waals surface area contributed by atoms with E-state index in [9.17, 15) is 14.4 Å². The molecule has 6 atom stereocenters. The highest BCUT2D eigenvalue weighted by Gasteiger charge is 2.48. The lowest BCUT2D eigenvalue weighted by molar-refractivity contribution is -0.174. The minimum absolute atomic E-state index is 0.0511. The van der Waals surface area contributed by atoms with Crippen LogP contribution >= 0.6 is 0 Å². The van der Waals surface area contributed by atoms with Crippen LogP contribution in [0.3, 0.4) is 0 Å². The summed E-state index contributed by atoms with van der Waals surface area (Å²) < 4.78 is 25.2. The Labute approximate surface area is 260 Å². The molecule has 0 spiro atoms. The third-order valence-corrected chi connectivity index (χ3v) is 18.0. The van der Waals surface area contributed by atoms with Crippen LogP contribution in [-0.2, 0) is 32.7 Å². The molecule has 0 aliphatic heterocycles. The van der Waals surface area contributed by atoms with Crippen molar-refractivity contribution >= 4 is 34.2 Å². The fourth-order valence-corrected chi connectivity index (χ4v) is 6.71. The molecule has 0 heterocycles. The van der Waals surface area contributed by atoms with Crippen LogP contribution in [0.1, 0.15) is 96.9 Å². The van der Waals surface area contributed by atoms with Crippen molar-refractivity contribution in [2.75, 3.05) is 7.11 Å². The lowest BCUT2D eigenvalue weighted by atomic mass is 9.83. The maximum Gasteiger partial charge on any atom is 0.337 e. The van der Waals surface area contributed by atoms with E-state index in [1.54, 1.807) is 13.8 Å². The van der Waals surface area contributed by atoms with Crippen molar-refractivity contribution in [1.82, 2.24) is 0 Å². The molecule has 246 valence electrons. The first-order valence-electron chi connectivity index (χ1n) is 15.3. The van der Waals surface area contributed by atoms with E-state index in [2.05, 4.69) is 67.7 Å². The fraction of sp³-hybridized carbons (Fsp3) is 0.848. The van der Waals surface area contributed by atoms with Gasteiger partial charge in [0.15, 0.2) is 22.7 Å². The summed E-state index contributed by atoms with van der Waals surface area (Å²) in [4.78, 5) is 40.0. The molecular weight excluding hydrogens is 565 g/mol. The van der Waals surface area contributed by atoms with E-state index < -0.39 is 58.4 Å². The smallest absolute Gasteiger partial charge is 0.337 e. The topological polar surface area (TPSA) is 88.1 Å². The molecule has 0 aromatic carbocycles. The molecule has 0 aliphatic rings. The first kappa shape index (κ1) is 40.9. The average Bonchev–Trinajstić information content (AvgIpc) is 2.78. The first-order chi connectivity index (χ1) is 18.5. The van der Waals surface area contributed by atoms with Crippen LogP contribution in [0, 0.1) is 17.8 Å². The Kier molecular flexibility index (Phi) is 14.4. The van der Waals surface area contributed by atoms with Crippen LogP contribution in [0.2, 0.25) is 36.3 Å². The van der Waals surface area contributed by atoms with E-state index in [1.165, 1.54) is 7.11 Å². The van der Waals surface area contributed by atoms with E-state index in [4.69, 9.17) is 18.3 Å². The molecule has 42 heavy (non-hydrogen) atoms. The predicted octanol–water partition coefficient (Wildman–Crippen LogP) is 8.14. The van der Waals surface area contributed by atoms with Gasteiger partial charge in [-0.05, 0) is 76.5 Å².